The molecule has 5 heteroatoms. The summed E-state index contributed by atoms with van der Waals surface area (Å²) in [5.41, 5.74) is 2.91. The van der Waals surface area contributed by atoms with Crippen molar-refractivity contribution in [3.8, 4) is 0 Å². The minimum Gasteiger partial charge on any atom is -0.387 e. The van der Waals surface area contributed by atoms with Gasteiger partial charge in [0.05, 0.1) is 6.10 Å². The topological polar surface area (TPSA) is 61.4 Å². The number of carbonyl (C=O) groups is 1. The van der Waals surface area contributed by atoms with Crippen molar-refractivity contribution in [1.82, 2.24) is 10.6 Å². The van der Waals surface area contributed by atoms with Crippen LogP contribution in [0.5, 0.6) is 0 Å². The van der Waals surface area contributed by atoms with Gasteiger partial charge in [-0.1, -0.05) is 48.0 Å². The van der Waals surface area contributed by atoms with Crippen LogP contribution in [0.25, 0.3) is 0 Å². The lowest BCUT2D eigenvalue weighted by atomic mass is 10.1. The Morgan fingerprint density at radius 3 is 2.50 bits per heavy atom. The van der Waals surface area contributed by atoms with Crippen molar-refractivity contribution in [2.75, 3.05) is 6.54 Å². The first-order valence-corrected chi connectivity index (χ1v) is 7.44. The fourth-order valence-electron chi connectivity index (χ4n) is 2.04. The maximum atomic E-state index is 11.8. The smallest absolute Gasteiger partial charge is 0.315 e. The lowest BCUT2D eigenvalue weighted by Crippen LogP contribution is -2.37. The molecule has 0 radical (unpaired) electrons. The highest BCUT2D eigenvalue weighted by molar-refractivity contribution is 6.30. The summed E-state index contributed by atoms with van der Waals surface area (Å²) < 4.78 is 0. The Morgan fingerprint density at radius 1 is 1.14 bits per heavy atom. The van der Waals surface area contributed by atoms with E-state index in [1.54, 1.807) is 24.3 Å². The van der Waals surface area contributed by atoms with E-state index in [9.17, 15) is 9.90 Å². The van der Waals surface area contributed by atoms with Gasteiger partial charge in [0.25, 0.3) is 0 Å². The van der Waals surface area contributed by atoms with Gasteiger partial charge in [-0.3, -0.25) is 0 Å². The van der Waals surface area contributed by atoms with Gasteiger partial charge in [0.15, 0.2) is 0 Å². The van der Waals surface area contributed by atoms with Crippen molar-refractivity contribution in [1.29, 1.82) is 0 Å². The Balaban J connectivity index is 1.78. The van der Waals surface area contributed by atoms with Crippen LogP contribution in [-0.4, -0.2) is 17.7 Å². The molecular formula is C17H19ClN2O2. The Bertz CT molecular complexity index is 629. The van der Waals surface area contributed by atoms with Gasteiger partial charge in [-0.15, -0.1) is 0 Å². The molecule has 1 atom stereocenters. The first-order valence-electron chi connectivity index (χ1n) is 7.06. The third kappa shape index (κ3) is 4.76. The van der Waals surface area contributed by atoms with E-state index < -0.39 is 6.10 Å². The van der Waals surface area contributed by atoms with Crippen LogP contribution in [0.15, 0.2) is 48.5 Å². The van der Waals surface area contributed by atoms with Crippen molar-refractivity contribution in [3.63, 3.8) is 0 Å². The first kappa shape index (κ1) is 16.3. The van der Waals surface area contributed by atoms with Gasteiger partial charge < -0.3 is 15.7 Å². The number of aliphatic hydroxyl groups is 1. The zero-order valence-corrected chi connectivity index (χ0v) is 13.1. The highest BCUT2D eigenvalue weighted by Crippen LogP contribution is 2.15. The molecule has 22 heavy (non-hydrogen) atoms. The van der Waals surface area contributed by atoms with Crippen LogP contribution >= 0.6 is 11.6 Å². The second-order valence-corrected chi connectivity index (χ2v) is 5.49. The number of carbonyl (C=O) groups excluding carboxylic acids is 1. The Hall–Kier alpha value is -2.04. The Kier molecular flexibility index (Phi) is 5.81. The summed E-state index contributed by atoms with van der Waals surface area (Å²) >= 11 is 5.79. The molecule has 4 nitrogen and oxygen atoms in total. The molecule has 0 fully saturated rings. The molecule has 0 spiro atoms. The third-order valence-corrected chi connectivity index (χ3v) is 3.66. The number of halogens is 1. The summed E-state index contributed by atoms with van der Waals surface area (Å²) in [5, 5.41) is 16.0. The number of benzene rings is 2. The molecular weight excluding hydrogens is 300 g/mol. The zero-order chi connectivity index (χ0) is 15.9. The minimum atomic E-state index is -0.763. The van der Waals surface area contributed by atoms with Gasteiger partial charge in [0.1, 0.15) is 0 Å². The van der Waals surface area contributed by atoms with Crippen molar-refractivity contribution >= 4 is 17.6 Å². The molecule has 3 N–H and O–H groups in total. The van der Waals surface area contributed by atoms with E-state index in [1.165, 1.54) is 0 Å². The van der Waals surface area contributed by atoms with Crippen LogP contribution in [-0.2, 0) is 6.54 Å². The third-order valence-electron chi connectivity index (χ3n) is 3.41. The van der Waals surface area contributed by atoms with Crippen molar-refractivity contribution in [2.24, 2.45) is 0 Å². The van der Waals surface area contributed by atoms with E-state index in [0.29, 0.717) is 17.1 Å². The molecule has 0 aliphatic heterocycles. The zero-order valence-electron chi connectivity index (χ0n) is 12.3. The van der Waals surface area contributed by atoms with Gasteiger partial charge in [0, 0.05) is 18.1 Å². The average Bonchev–Trinajstić information content (AvgIpc) is 2.52. The number of amides is 2. The maximum Gasteiger partial charge on any atom is 0.315 e. The van der Waals surface area contributed by atoms with Crippen LogP contribution < -0.4 is 10.6 Å². The molecule has 0 aromatic heterocycles. The summed E-state index contributed by atoms with van der Waals surface area (Å²) in [5.74, 6) is 0. The molecule has 1 unspecified atom stereocenters. The SMILES string of the molecule is Cc1ccccc1CNC(=O)NCC(O)c1ccc(Cl)cc1. The number of nitrogens with one attached hydrogen (secondary N) is 2. The lowest BCUT2D eigenvalue weighted by molar-refractivity contribution is 0.173. The Morgan fingerprint density at radius 2 is 1.82 bits per heavy atom. The average molecular weight is 319 g/mol. The number of aryl methyl sites for hydroxylation is 1. The molecule has 2 amide bonds. The molecule has 116 valence electrons. The quantitative estimate of drug-likeness (QED) is 0.793. The molecule has 2 aromatic rings. The molecule has 0 aliphatic carbocycles. The van der Waals surface area contributed by atoms with Crippen LogP contribution in [0.1, 0.15) is 22.8 Å². The van der Waals surface area contributed by atoms with Crippen molar-refractivity contribution in [3.05, 3.63) is 70.2 Å². The number of hydrogen-bond acceptors (Lipinski definition) is 2. The van der Waals surface area contributed by atoms with E-state index in [4.69, 9.17) is 11.6 Å². The van der Waals surface area contributed by atoms with E-state index in [-0.39, 0.29) is 12.6 Å². The number of aliphatic hydroxyl groups excluding tert-OH is 1. The Labute approximate surface area is 135 Å². The molecule has 0 saturated heterocycles. The van der Waals surface area contributed by atoms with E-state index in [1.807, 2.05) is 31.2 Å². The highest BCUT2D eigenvalue weighted by Gasteiger charge is 2.09. The highest BCUT2D eigenvalue weighted by atomic mass is 35.5. The monoisotopic (exact) mass is 318 g/mol. The summed E-state index contributed by atoms with van der Waals surface area (Å²) in [4.78, 5) is 11.8. The standard InChI is InChI=1S/C17H19ClN2O2/c1-12-4-2-3-5-14(12)10-19-17(22)20-11-16(21)13-6-8-15(18)9-7-13/h2-9,16,21H,10-11H2,1H3,(H2,19,20,22). The summed E-state index contributed by atoms with van der Waals surface area (Å²) in [6.45, 7) is 2.59. The fourth-order valence-corrected chi connectivity index (χ4v) is 2.16. The predicted molar refractivity (Wildman–Crippen MR) is 87.8 cm³/mol. The minimum absolute atomic E-state index is 0.140. The molecule has 2 rings (SSSR count). The summed E-state index contributed by atoms with van der Waals surface area (Å²) in [6, 6.07) is 14.4. The largest absolute Gasteiger partial charge is 0.387 e. The second kappa shape index (κ2) is 7.82. The summed E-state index contributed by atoms with van der Waals surface area (Å²) in [7, 11) is 0. The van der Waals surface area contributed by atoms with E-state index >= 15 is 0 Å². The predicted octanol–water partition coefficient (Wildman–Crippen LogP) is 3.18. The van der Waals surface area contributed by atoms with E-state index in [0.717, 1.165) is 11.1 Å². The van der Waals surface area contributed by atoms with Gasteiger partial charge >= 0.3 is 6.03 Å². The van der Waals surface area contributed by atoms with Gasteiger partial charge in [-0.25, -0.2) is 4.79 Å². The van der Waals surface area contributed by atoms with Crippen LogP contribution in [0.4, 0.5) is 4.79 Å². The van der Waals surface area contributed by atoms with Crippen LogP contribution in [0.3, 0.4) is 0 Å². The van der Waals surface area contributed by atoms with Crippen molar-refractivity contribution < 1.29 is 9.90 Å². The first-order chi connectivity index (χ1) is 10.6. The van der Waals surface area contributed by atoms with Gasteiger partial charge in [-0.2, -0.15) is 0 Å². The molecule has 0 saturated carbocycles. The van der Waals surface area contributed by atoms with Gasteiger partial charge in [-0.05, 0) is 35.7 Å². The summed E-state index contributed by atoms with van der Waals surface area (Å²) in [6.07, 6.45) is -0.763. The maximum absolute atomic E-state index is 11.8. The second-order valence-electron chi connectivity index (χ2n) is 5.06. The molecule has 0 aliphatic rings. The lowest BCUT2D eigenvalue weighted by Gasteiger charge is -2.13. The number of urea groups is 1. The number of rotatable bonds is 5. The van der Waals surface area contributed by atoms with Crippen LogP contribution in [0, 0.1) is 6.92 Å². The molecule has 2 aromatic carbocycles. The molecule has 0 bridgehead atoms. The molecule has 0 heterocycles. The normalized spacial score (nSPS) is 11.8. The fraction of sp³-hybridized carbons (Fsp3) is 0.235. The number of hydrogen-bond donors (Lipinski definition) is 3. The van der Waals surface area contributed by atoms with Gasteiger partial charge in [0.2, 0.25) is 0 Å². The van der Waals surface area contributed by atoms with Crippen LogP contribution in [0.2, 0.25) is 5.02 Å². The van der Waals surface area contributed by atoms with Crippen molar-refractivity contribution in [2.45, 2.75) is 19.6 Å². The van der Waals surface area contributed by atoms with E-state index in [2.05, 4.69) is 10.6 Å².